The molecule has 1 saturated heterocycles. The van der Waals surface area contributed by atoms with Crippen LogP contribution in [0.25, 0.3) is 0 Å². The monoisotopic (exact) mass is 279 g/mol. The molecule has 2 rings (SSSR count). The molecule has 5 nitrogen and oxygen atoms in total. The van der Waals surface area contributed by atoms with Crippen molar-refractivity contribution in [2.75, 3.05) is 13.2 Å². The van der Waals surface area contributed by atoms with E-state index in [0.29, 0.717) is 18.2 Å². The van der Waals surface area contributed by atoms with Crippen LogP contribution in [0.15, 0.2) is 6.07 Å². The van der Waals surface area contributed by atoms with Gasteiger partial charge in [0.05, 0.1) is 5.69 Å². The van der Waals surface area contributed by atoms with Crippen LogP contribution in [0, 0.1) is 5.92 Å². The first kappa shape index (κ1) is 15.0. The van der Waals surface area contributed by atoms with Crippen LogP contribution in [0.5, 0.6) is 0 Å². The van der Waals surface area contributed by atoms with E-state index in [1.165, 1.54) is 0 Å². The maximum absolute atomic E-state index is 12.4. The molecule has 0 radical (unpaired) electrons. The largest absolute Gasteiger partial charge is 0.381 e. The topological polar surface area (TPSA) is 56.2 Å². The van der Waals surface area contributed by atoms with Gasteiger partial charge < -0.3 is 10.1 Å². The summed E-state index contributed by atoms with van der Waals surface area (Å²) in [6.07, 6.45) is 2.69. The second-order valence-electron chi connectivity index (χ2n) is 5.79. The van der Waals surface area contributed by atoms with Gasteiger partial charge in [0, 0.05) is 25.8 Å². The lowest BCUT2D eigenvalue weighted by Gasteiger charge is -2.23. The molecular weight excluding hydrogens is 254 g/mol. The molecule has 0 spiro atoms. The van der Waals surface area contributed by atoms with E-state index in [0.717, 1.165) is 38.2 Å². The highest BCUT2D eigenvalue weighted by molar-refractivity contribution is 5.92. The molecule has 0 atom stereocenters. The van der Waals surface area contributed by atoms with Crippen molar-refractivity contribution in [3.05, 3.63) is 17.5 Å². The molecular formula is C15H25N3O2. The summed E-state index contributed by atoms with van der Waals surface area (Å²) in [4.78, 5) is 12.4. The number of nitrogens with one attached hydrogen (secondary N) is 1. The summed E-state index contributed by atoms with van der Waals surface area (Å²) >= 11 is 0. The zero-order chi connectivity index (χ0) is 14.5. The summed E-state index contributed by atoms with van der Waals surface area (Å²) in [6.45, 7) is 8.51. The van der Waals surface area contributed by atoms with Crippen LogP contribution in [-0.4, -0.2) is 34.9 Å². The highest BCUT2D eigenvalue weighted by Crippen LogP contribution is 2.12. The molecule has 0 aliphatic carbocycles. The Kier molecular flexibility index (Phi) is 5.17. The van der Waals surface area contributed by atoms with E-state index in [1.807, 2.05) is 13.0 Å². The van der Waals surface area contributed by atoms with Crippen molar-refractivity contribution >= 4 is 5.91 Å². The fraction of sp³-hybridized carbons (Fsp3) is 0.733. The van der Waals surface area contributed by atoms with Crippen molar-refractivity contribution in [3.63, 3.8) is 0 Å². The number of carbonyl (C=O) groups excluding carboxylic acids is 1. The fourth-order valence-corrected chi connectivity index (χ4v) is 2.51. The number of hydrogen-bond donors (Lipinski definition) is 1. The molecule has 0 unspecified atom stereocenters. The van der Waals surface area contributed by atoms with E-state index in [1.54, 1.807) is 4.68 Å². The van der Waals surface area contributed by atoms with E-state index in [4.69, 9.17) is 4.74 Å². The van der Waals surface area contributed by atoms with Crippen LogP contribution in [0.1, 0.15) is 49.8 Å². The number of amides is 1. The minimum absolute atomic E-state index is 0.0127. The van der Waals surface area contributed by atoms with Gasteiger partial charge in [-0.05, 0) is 38.2 Å². The van der Waals surface area contributed by atoms with Gasteiger partial charge in [-0.2, -0.15) is 5.10 Å². The number of rotatable bonds is 5. The summed E-state index contributed by atoms with van der Waals surface area (Å²) < 4.78 is 7.11. The number of ether oxygens (including phenoxy) is 1. The maximum Gasteiger partial charge on any atom is 0.269 e. The Morgan fingerprint density at radius 3 is 2.80 bits per heavy atom. The highest BCUT2D eigenvalue weighted by Gasteiger charge is 2.20. The number of aryl methyl sites for hydroxylation is 1. The standard InChI is InChI=1S/C15H25N3O2/c1-4-18-14(10-13(17-18)9-11(2)3)15(19)16-12-5-7-20-8-6-12/h10-12H,4-9H2,1-3H3,(H,16,19). The normalized spacial score (nSPS) is 16.6. The second kappa shape index (κ2) is 6.88. The van der Waals surface area contributed by atoms with E-state index < -0.39 is 0 Å². The predicted molar refractivity (Wildman–Crippen MR) is 77.8 cm³/mol. The van der Waals surface area contributed by atoms with Crippen molar-refractivity contribution in [3.8, 4) is 0 Å². The number of aromatic nitrogens is 2. The molecule has 1 N–H and O–H groups in total. The Hall–Kier alpha value is -1.36. The van der Waals surface area contributed by atoms with Gasteiger partial charge in [0.2, 0.25) is 0 Å². The zero-order valence-electron chi connectivity index (χ0n) is 12.7. The summed E-state index contributed by atoms with van der Waals surface area (Å²) in [5.74, 6) is 0.530. The molecule has 0 saturated carbocycles. The average Bonchev–Trinajstić information content (AvgIpc) is 2.82. The molecule has 0 aromatic carbocycles. The third-order valence-corrected chi connectivity index (χ3v) is 3.54. The number of hydrogen-bond acceptors (Lipinski definition) is 3. The van der Waals surface area contributed by atoms with Gasteiger partial charge in [-0.1, -0.05) is 13.8 Å². The Balaban J connectivity index is 2.05. The lowest BCUT2D eigenvalue weighted by molar-refractivity contribution is 0.0691. The lowest BCUT2D eigenvalue weighted by atomic mass is 10.1. The summed E-state index contributed by atoms with van der Waals surface area (Å²) in [5, 5.41) is 7.61. The van der Waals surface area contributed by atoms with Crippen LogP contribution < -0.4 is 5.32 Å². The zero-order valence-corrected chi connectivity index (χ0v) is 12.7. The summed E-state index contributed by atoms with van der Waals surface area (Å²) in [6, 6.07) is 2.16. The van der Waals surface area contributed by atoms with Crippen molar-refractivity contribution < 1.29 is 9.53 Å². The minimum atomic E-state index is -0.0127. The van der Waals surface area contributed by atoms with Crippen molar-refractivity contribution in [2.24, 2.45) is 5.92 Å². The number of nitrogens with zero attached hydrogens (tertiary/aromatic N) is 2. The van der Waals surface area contributed by atoms with Gasteiger partial charge in [0.25, 0.3) is 5.91 Å². The molecule has 1 fully saturated rings. The molecule has 1 aromatic heterocycles. The van der Waals surface area contributed by atoms with E-state index in [9.17, 15) is 4.79 Å². The van der Waals surface area contributed by atoms with Crippen LogP contribution >= 0.6 is 0 Å². The maximum atomic E-state index is 12.4. The van der Waals surface area contributed by atoms with Crippen LogP contribution in [-0.2, 0) is 17.7 Å². The Labute approximate surface area is 120 Å². The Bertz CT molecular complexity index is 448. The molecule has 1 aliphatic rings. The van der Waals surface area contributed by atoms with Crippen LogP contribution in [0.4, 0.5) is 0 Å². The molecule has 1 amide bonds. The average molecular weight is 279 g/mol. The molecule has 0 bridgehead atoms. The van der Waals surface area contributed by atoms with Gasteiger partial charge in [-0.25, -0.2) is 0 Å². The smallest absolute Gasteiger partial charge is 0.269 e. The van der Waals surface area contributed by atoms with E-state index in [2.05, 4.69) is 24.3 Å². The first-order valence-electron chi connectivity index (χ1n) is 7.55. The van der Waals surface area contributed by atoms with Gasteiger partial charge in [0.15, 0.2) is 0 Å². The van der Waals surface area contributed by atoms with Crippen molar-refractivity contribution in [1.29, 1.82) is 0 Å². The van der Waals surface area contributed by atoms with Gasteiger partial charge in [-0.15, -0.1) is 0 Å². The minimum Gasteiger partial charge on any atom is -0.381 e. The fourth-order valence-electron chi connectivity index (χ4n) is 2.51. The molecule has 112 valence electrons. The van der Waals surface area contributed by atoms with Crippen LogP contribution in [0.2, 0.25) is 0 Å². The first-order valence-corrected chi connectivity index (χ1v) is 7.55. The SMILES string of the molecule is CCn1nc(CC(C)C)cc1C(=O)NC1CCOCC1. The predicted octanol–water partition coefficient (Wildman–Crippen LogP) is 2.01. The van der Waals surface area contributed by atoms with Crippen molar-refractivity contribution in [2.45, 2.75) is 52.6 Å². The van der Waals surface area contributed by atoms with Crippen molar-refractivity contribution in [1.82, 2.24) is 15.1 Å². The van der Waals surface area contributed by atoms with Gasteiger partial charge in [-0.3, -0.25) is 9.48 Å². The quantitative estimate of drug-likeness (QED) is 0.897. The molecule has 5 heteroatoms. The van der Waals surface area contributed by atoms with Crippen LogP contribution in [0.3, 0.4) is 0 Å². The molecule has 1 aliphatic heterocycles. The van der Waals surface area contributed by atoms with Gasteiger partial charge in [0.1, 0.15) is 5.69 Å². The van der Waals surface area contributed by atoms with E-state index in [-0.39, 0.29) is 11.9 Å². The number of carbonyl (C=O) groups is 1. The Morgan fingerprint density at radius 2 is 2.20 bits per heavy atom. The molecule has 2 heterocycles. The highest BCUT2D eigenvalue weighted by atomic mass is 16.5. The lowest BCUT2D eigenvalue weighted by Crippen LogP contribution is -2.39. The second-order valence-corrected chi connectivity index (χ2v) is 5.79. The Morgan fingerprint density at radius 1 is 1.50 bits per heavy atom. The third-order valence-electron chi connectivity index (χ3n) is 3.54. The van der Waals surface area contributed by atoms with Gasteiger partial charge >= 0.3 is 0 Å². The molecule has 20 heavy (non-hydrogen) atoms. The first-order chi connectivity index (χ1) is 9.60. The van der Waals surface area contributed by atoms with E-state index >= 15 is 0 Å². The molecule has 1 aromatic rings. The third kappa shape index (κ3) is 3.82. The summed E-state index contributed by atoms with van der Waals surface area (Å²) in [5.41, 5.74) is 1.67. The summed E-state index contributed by atoms with van der Waals surface area (Å²) in [7, 11) is 0.